The number of likely N-dealkylation sites (tertiary alicyclic amines) is 1. The van der Waals surface area contributed by atoms with Gasteiger partial charge in [0.25, 0.3) is 0 Å². The molecule has 2 bridgehead atoms. The number of nitrogens with one attached hydrogen (secondary N) is 1. The van der Waals surface area contributed by atoms with Gasteiger partial charge in [0, 0.05) is 17.5 Å². The summed E-state index contributed by atoms with van der Waals surface area (Å²) in [4.78, 5) is 28.7. The molecule has 1 saturated heterocycles. The molecule has 156 valence electrons. The number of carbonyl (C=O) groups is 2. The lowest BCUT2D eigenvalue weighted by molar-refractivity contribution is -0.140. The van der Waals surface area contributed by atoms with Gasteiger partial charge < -0.3 is 20.3 Å². The summed E-state index contributed by atoms with van der Waals surface area (Å²) in [6.45, 7) is 2.70. The van der Waals surface area contributed by atoms with E-state index in [1.165, 1.54) is 6.07 Å². The molecule has 2 aliphatic heterocycles. The Morgan fingerprint density at radius 3 is 2.93 bits per heavy atom. The predicted octanol–water partition coefficient (Wildman–Crippen LogP) is 1.49. The van der Waals surface area contributed by atoms with Crippen molar-refractivity contribution in [3.05, 3.63) is 23.3 Å². The number of phenols is 1. The number of ether oxygens (including phenoxy) is 1. The first-order valence-corrected chi connectivity index (χ1v) is 10.6. The van der Waals surface area contributed by atoms with Crippen LogP contribution in [0.3, 0.4) is 0 Å². The number of amides is 1. The molecule has 1 amide bonds. The summed E-state index contributed by atoms with van der Waals surface area (Å²) in [5.41, 5.74) is -0.338. The van der Waals surface area contributed by atoms with Crippen molar-refractivity contribution < 1.29 is 24.5 Å². The summed E-state index contributed by atoms with van der Waals surface area (Å²) in [6.07, 6.45) is 2.39. The molecule has 1 aromatic rings. The van der Waals surface area contributed by atoms with Gasteiger partial charge in [-0.05, 0) is 51.4 Å². The summed E-state index contributed by atoms with van der Waals surface area (Å²) in [5.74, 6) is 0.176. The van der Waals surface area contributed by atoms with Gasteiger partial charge >= 0.3 is 0 Å². The number of aliphatic hydroxyl groups is 1. The number of unbranched alkanes of at least 4 members (excludes halogenated alkanes) is 1. The molecule has 0 aromatic heterocycles. The summed E-state index contributed by atoms with van der Waals surface area (Å²) < 4.78 is 6.17. The van der Waals surface area contributed by atoms with Crippen molar-refractivity contribution in [1.82, 2.24) is 10.2 Å². The van der Waals surface area contributed by atoms with Gasteiger partial charge in [0.1, 0.15) is 6.10 Å². The maximum atomic E-state index is 13.7. The van der Waals surface area contributed by atoms with Gasteiger partial charge in [-0.3, -0.25) is 14.5 Å². The first-order chi connectivity index (χ1) is 13.9. The van der Waals surface area contributed by atoms with Crippen LogP contribution in [0, 0.1) is 0 Å². The Morgan fingerprint density at radius 1 is 1.38 bits per heavy atom. The van der Waals surface area contributed by atoms with Gasteiger partial charge in [-0.2, -0.15) is 0 Å². The Bertz CT molecular complexity index is 901. The van der Waals surface area contributed by atoms with Gasteiger partial charge in [0.2, 0.25) is 5.91 Å². The summed E-state index contributed by atoms with van der Waals surface area (Å²) in [6, 6.07) is 2.65. The second-order valence-electron chi connectivity index (χ2n) is 9.07. The number of aliphatic hydroxyl groups excluding tert-OH is 1. The Balaban J connectivity index is 1.76. The van der Waals surface area contributed by atoms with Crippen molar-refractivity contribution in [2.75, 3.05) is 13.6 Å². The minimum Gasteiger partial charge on any atom is -0.504 e. The highest BCUT2D eigenvalue weighted by Crippen LogP contribution is 2.65. The summed E-state index contributed by atoms with van der Waals surface area (Å²) >= 11 is 0. The van der Waals surface area contributed by atoms with Gasteiger partial charge in [0.05, 0.1) is 23.1 Å². The number of ketones is 1. The fourth-order valence-electron chi connectivity index (χ4n) is 6.53. The van der Waals surface area contributed by atoms with Crippen molar-refractivity contribution in [2.24, 2.45) is 0 Å². The first kappa shape index (κ1) is 18.9. The highest BCUT2D eigenvalue weighted by molar-refractivity contribution is 6.07. The van der Waals surface area contributed by atoms with Crippen LogP contribution < -0.4 is 10.1 Å². The SMILES string of the molecule is CCCCC(=O)N[C@@]12CC[C@H](O)[C@@H]3Oc4c(O)ccc5c4[C@@]31CCN(C)[C@@H]2C5=O. The molecule has 3 N–H and O–H groups in total. The molecule has 2 heterocycles. The maximum absolute atomic E-state index is 13.7. The van der Waals surface area contributed by atoms with Crippen molar-refractivity contribution >= 4 is 11.7 Å². The molecule has 7 nitrogen and oxygen atoms in total. The molecule has 4 aliphatic rings. The molecule has 1 saturated carbocycles. The molecule has 5 rings (SSSR count). The number of benzene rings is 1. The highest BCUT2D eigenvalue weighted by Gasteiger charge is 2.75. The van der Waals surface area contributed by atoms with Gasteiger partial charge in [-0.25, -0.2) is 0 Å². The van der Waals surface area contributed by atoms with Crippen molar-refractivity contribution in [1.29, 1.82) is 0 Å². The van der Waals surface area contributed by atoms with E-state index in [1.807, 2.05) is 18.9 Å². The predicted molar refractivity (Wildman–Crippen MR) is 105 cm³/mol. The van der Waals surface area contributed by atoms with Gasteiger partial charge in [-0.15, -0.1) is 0 Å². The van der Waals surface area contributed by atoms with Crippen LogP contribution in [-0.2, 0) is 10.2 Å². The van der Waals surface area contributed by atoms with Crippen molar-refractivity contribution in [2.45, 2.75) is 74.7 Å². The highest BCUT2D eigenvalue weighted by atomic mass is 16.5. The van der Waals surface area contributed by atoms with Crippen LogP contribution in [0.5, 0.6) is 11.5 Å². The average Bonchev–Trinajstić information content (AvgIpc) is 3.05. The Kier molecular flexibility index (Phi) is 4.03. The zero-order valence-electron chi connectivity index (χ0n) is 16.9. The quantitative estimate of drug-likeness (QED) is 0.708. The molecular weight excluding hydrogens is 372 g/mol. The van der Waals surface area contributed by atoms with Crippen LogP contribution in [-0.4, -0.2) is 64.2 Å². The lowest BCUT2D eigenvalue weighted by Crippen LogP contribution is -2.83. The van der Waals surface area contributed by atoms with Gasteiger partial charge in [0.15, 0.2) is 17.3 Å². The Morgan fingerprint density at radius 2 is 2.17 bits per heavy atom. The zero-order valence-corrected chi connectivity index (χ0v) is 16.9. The number of piperidine rings is 1. The number of aromatic hydroxyl groups is 1. The van der Waals surface area contributed by atoms with Crippen LogP contribution in [0.15, 0.2) is 12.1 Å². The van der Waals surface area contributed by atoms with E-state index in [1.54, 1.807) is 6.07 Å². The van der Waals surface area contributed by atoms with Crippen LogP contribution in [0.2, 0.25) is 0 Å². The number of rotatable bonds is 4. The van der Waals surface area contributed by atoms with E-state index in [0.29, 0.717) is 49.1 Å². The molecular formula is C22H28N2O5. The Labute approximate surface area is 170 Å². The van der Waals surface area contributed by atoms with E-state index in [-0.39, 0.29) is 17.4 Å². The van der Waals surface area contributed by atoms with Crippen LogP contribution >= 0.6 is 0 Å². The number of hydrogen-bond donors (Lipinski definition) is 3. The zero-order chi connectivity index (χ0) is 20.6. The van der Waals surface area contributed by atoms with Crippen LogP contribution in [0.1, 0.15) is 61.4 Å². The minimum absolute atomic E-state index is 0.0175. The van der Waals surface area contributed by atoms with E-state index < -0.39 is 29.2 Å². The third-order valence-corrected chi connectivity index (χ3v) is 7.69. The average molecular weight is 400 g/mol. The third kappa shape index (κ3) is 2.15. The normalized spacial score (nSPS) is 37.1. The number of Topliss-reactive ketones (excluding diaryl/α,β-unsaturated/α-hetero) is 1. The molecule has 1 spiro atoms. The molecule has 0 radical (unpaired) electrons. The van der Waals surface area contributed by atoms with E-state index in [2.05, 4.69) is 5.32 Å². The summed E-state index contributed by atoms with van der Waals surface area (Å²) in [5, 5.41) is 24.7. The number of likely N-dealkylation sites (N-methyl/N-ethyl adjacent to an activating group) is 1. The summed E-state index contributed by atoms with van der Waals surface area (Å²) in [7, 11) is 1.93. The molecule has 7 heteroatoms. The van der Waals surface area contributed by atoms with Crippen LogP contribution in [0.4, 0.5) is 0 Å². The maximum Gasteiger partial charge on any atom is 0.220 e. The smallest absolute Gasteiger partial charge is 0.220 e. The topological polar surface area (TPSA) is 99.1 Å². The van der Waals surface area contributed by atoms with Crippen LogP contribution in [0.25, 0.3) is 0 Å². The molecule has 29 heavy (non-hydrogen) atoms. The van der Waals surface area contributed by atoms with E-state index in [9.17, 15) is 19.8 Å². The largest absolute Gasteiger partial charge is 0.504 e. The molecule has 2 fully saturated rings. The standard InChI is InChI=1S/C22H28N2O5/c1-3-4-5-15(27)23-22-9-8-14(26)20-21(22)10-11-24(2)19(22)17(28)12-6-7-13(25)18(29-20)16(12)21/h6-7,14,19-20,25-26H,3-5,8-11H2,1-2H3,(H,23,27)/t14-,19+,20-,21-,22+/m0/s1. The molecule has 1 aromatic carbocycles. The molecule has 5 atom stereocenters. The number of nitrogens with zero attached hydrogens (tertiary/aromatic N) is 1. The number of phenolic OH excluding ortho intramolecular Hbond substituents is 1. The molecule has 2 aliphatic carbocycles. The van der Waals surface area contributed by atoms with Crippen molar-refractivity contribution in [3.63, 3.8) is 0 Å². The molecule has 0 unspecified atom stereocenters. The Hall–Kier alpha value is -2.12. The fourth-order valence-corrected chi connectivity index (χ4v) is 6.53. The van der Waals surface area contributed by atoms with Gasteiger partial charge in [-0.1, -0.05) is 13.3 Å². The fraction of sp³-hybridized carbons (Fsp3) is 0.636. The monoisotopic (exact) mass is 400 g/mol. The van der Waals surface area contributed by atoms with E-state index >= 15 is 0 Å². The van der Waals surface area contributed by atoms with E-state index in [4.69, 9.17) is 4.74 Å². The lowest BCUT2D eigenvalue weighted by Gasteiger charge is -2.64. The first-order valence-electron chi connectivity index (χ1n) is 10.6. The lowest BCUT2D eigenvalue weighted by atomic mass is 9.46. The second-order valence-corrected chi connectivity index (χ2v) is 9.07. The second kappa shape index (κ2) is 6.19. The van der Waals surface area contributed by atoms with E-state index in [0.717, 1.165) is 12.8 Å². The number of hydrogen-bond acceptors (Lipinski definition) is 6. The third-order valence-electron chi connectivity index (χ3n) is 7.69. The minimum atomic E-state index is -0.849. The number of carbonyl (C=O) groups excluding carboxylic acids is 2. The van der Waals surface area contributed by atoms with Crippen molar-refractivity contribution in [3.8, 4) is 11.5 Å².